The Morgan fingerprint density at radius 2 is 1.71 bits per heavy atom. The number of amides is 1. The molecule has 1 unspecified atom stereocenters. The Bertz CT molecular complexity index is 1340. The normalized spacial score (nSPS) is 16.4. The number of aryl methyl sites for hydroxylation is 1. The first kappa shape index (κ1) is 26.2. The first-order valence-corrected chi connectivity index (χ1v) is 12.9. The molecule has 0 aromatic heterocycles. The number of carbonyl (C=O) groups is 1. The molecule has 3 rings (SSSR count). The average Bonchev–Trinajstić information content (AvgIpc) is 2.76. The molecule has 0 saturated heterocycles. The molecular formula is C26H31N3O5S. The molecule has 0 saturated carbocycles. The lowest BCUT2D eigenvalue weighted by Gasteiger charge is -2.26. The topological polar surface area (TPSA) is 106 Å². The number of carbonyl (C=O) groups excluding carboxylic acids is 1. The van der Waals surface area contributed by atoms with Crippen molar-refractivity contribution in [2.24, 2.45) is 9.98 Å². The molecule has 1 aliphatic rings. The van der Waals surface area contributed by atoms with Crippen molar-refractivity contribution in [2.45, 2.75) is 39.0 Å². The number of anilines is 1. The predicted molar refractivity (Wildman–Crippen MR) is 141 cm³/mol. The van der Waals surface area contributed by atoms with Gasteiger partial charge in [0.15, 0.2) is 0 Å². The fraction of sp³-hybridized carbons (Fsp3) is 0.346. The molecule has 1 heterocycles. The minimum atomic E-state index is -3.35. The van der Waals surface area contributed by atoms with Crippen LogP contribution in [0.25, 0.3) is 12.2 Å². The molecule has 0 fully saturated rings. The van der Waals surface area contributed by atoms with E-state index in [-0.39, 0.29) is 17.3 Å². The molecule has 0 bridgehead atoms. The highest BCUT2D eigenvalue weighted by Gasteiger charge is 2.28. The van der Waals surface area contributed by atoms with E-state index in [4.69, 9.17) is 9.47 Å². The predicted octanol–water partition coefficient (Wildman–Crippen LogP) is 4.54. The van der Waals surface area contributed by atoms with Crippen LogP contribution in [0.2, 0.25) is 0 Å². The van der Waals surface area contributed by atoms with Crippen LogP contribution in [-0.2, 0) is 25.0 Å². The SMILES string of the molecule is COC1=NC(=O)C(c2cc(/C=C/c3ccc(NS(C)(=O)=O)cc3C)c(OC)c(C(C)(C)C)c2)C=N1. The molecule has 8 nitrogen and oxygen atoms in total. The number of hydrogen-bond acceptors (Lipinski definition) is 6. The highest BCUT2D eigenvalue weighted by Crippen LogP contribution is 2.38. The Kier molecular flexibility index (Phi) is 7.50. The summed E-state index contributed by atoms with van der Waals surface area (Å²) in [5.41, 5.74) is 4.57. The zero-order valence-electron chi connectivity index (χ0n) is 21.0. The molecule has 0 spiro atoms. The van der Waals surface area contributed by atoms with Gasteiger partial charge in [0.25, 0.3) is 5.91 Å². The van der Waals surface area contributed by atoms with Crippen molar-refractivity contribution in [2.75, 3.05) is 25.2 Å². The van der Waals surface area contributed by atoms with Crippen LogP contribution in [0.5, 0.6) is 5.75 Å². The first-order chi connectivity index (χ1) is 16.3. The molecule has 1 N–H and O–H groups in total. The van der Waals surface area contributed by atoms with Crippen LogP contribution < -0.4 is 9.46 Å². The van der Waals surface area contributed by atoms with Crippen molar-refractivity contribution < 1.29 is 22.7 Å². The lowest BCUT2D eigenvalue weighted by atomic mass is 9.82. The van der Waals surface area contributed by atoms with Gasteiger partial charge in [0.2, 0.25) is 10.0 Å². The Labute approximate surface area is 206 Å². The summed E-state index contributed by atoms with van der Waals surface area (Å²) in [7, 11) is -0.309. The summed E-state index contributed by atoms with van der Waals surface area (Å²) >= 11 is 0. The number of nitrogens with zero attached hydrogens (tertiary/aromatic N) is 2. The number of aliphatic imine (C=N–C) groups is 2. The molecule has 1 atom stereocenters. The maximum Gasteiger partial charge on any atom is 0.318 e. The van der Waals surface area contributed by atoms with E-state index in [2.05, 4.69) is 35.5 Å². The Morgan fingerprint density at radius 1 is 1.03 bits per heavy atom. The van der Waals surface area contributed by atoms with Gasteiger partial charge in [-0.1, -0.05) is 45.1 Å². The van der Waals surface area contributed by atoms with Crippen LogP contribution in [-0.4, -0.2) is 47.0 Å². The number of rotatable bonds is 6. The van der Waals surface area contributed by atoms with Gasteiger partial charge in [0, 0.05) is 23.0 Å². The van der Waals surface area contributed by atoms with Crippen molar-refractivity contribution in [1.29, 1.82) is 0 Å². The molecule has 9 heteroatoms. The van der Waals surface area contributed by atoms with Crippen LogP contribution in [0, 0.1) is 6.92 Å². The standard InChI is InChI=1S/C26H31N3O5S/c1-16-12-20(29-35(7,31)32)11-10-17(16)8-9-18-13-19(14-22(23(18)33-5)26(2,3)4)21-15-27-25(34-6)28-24(21)30/h8-15,21,29H,1-7H3/b9-8+. The number of benzene rings is 2. The van der Waals surface area contributed by atoms with Gasteiger partial charge in [-0.25, -0.2) is 13.4 Å². The van der Waals surface area contributed by atoms with Crippen molar-refractivity contribution in [3.05, 3.63) is 58.1 Å². The Morgan fingerprint density at radius 3 is 2.26 bits per heavy atom. The van der Waals surface area contributed by atoms with E-state index >= 15 is 0 Å². The number of ether oxygens (including phenoxy) is 2. The third-order valence-electron chi connectivity index (χ3n) is 5.52. The van der Waals surface area contributed by atoms with E-state index in [9.17, 15) is 13.2 Å². The molecule has 35 heavy (non-hydrogen) atoms. The van der Waals surface area contributed by atoms with Crippen molar-refractivity contribution in [3.63, 3.8) is 0 Å². The summed E-state index contributed by atoms with van der Waals surface area (Å²) in [4.78, 5) is 20.8. The lowest BCUT2D eigenvalue weighted by molar-refractivity contribution is -0.117. The zero-order chi connectivity index (χ0) is 26.0. The van der Waals surface area contributed by atoms with Crippen molar-refractivity contribution >= 4 is 46.0 Å². The zero-order valence-corrected chi connectivity index (χ0v) is 21.9. The monoisotopic (exact) mass is 497 g/mol. The summed E-state index contributed by atoms with van der Waals surface area (Å²) in [5, 5.41) is 0. The molecule has 1 amide bonds. The second-order valence-corrected chi connectivity index (χ2v) is 11.2. The Hall–Kier alpha value is -3.46. The highest BCUT2D eigenvalue weighted by molar-refractivity contribution is 7.92. The average molecular weight is 498 g/mol. The number of methoxy groups -OCH3 is 2. The molecule has 0 radical (unpaired) electrons. The van der Waals surface area contributed by atoms with Gasteiger partial charge in [-0.2, -0.15) is 4.99 Å². The summed E-state index contributed by atoms with van der Waals surface area (Å²) in [6.07, 6.45) is 6.53. The fourth-order valence-corrected chi connectivity index (χ4v) is 4.36. The molecule has 186 valence electrons. The van der Waals surface area contributed by atoms with E-state index < -0.39 is 15.9 Å². The first-order valence-electron chi connectivity index (χ1n) is 11.0. The smallest absolute Gasteiger partial charge is 0.318 e. The number of sulfonamides is 1. The molecular weight excluding hydrogens is 466 g/mol. The van der Waals surface area contributed by atoms with Crippen molar-refractivity contribution in [3.8, 4) is 5.75 Å². The van der Waals surface area contributed by atoms with Gasteiger partial charge in [-0.05, 0) is 47.2 Å². The van der Waals surface area contributed by atoms with Gasteiger partial charge < -0.3 is 9.47 Å². The summed E-state index contributed by atoms with van der Waals surface area (Å²) in [6.45, 7) is 8.15. The molecule has 0 aliphatic carbocycles. The minimum Gasteiger partial charge on any atom is -0.496 e. The highest BCUT2D eigenvalue weighted by atomic mass is 32.2. The second kappa shape index (κ2) is 10.0. The molecule has 2 aromatic rings. The maximum atomic E-state index is 12.7. The van der Waals surface area contributed by atoms with Gasteiger partial charge >= 0.3 is 6.02 Å². The van der Waals surface area contributed by atoms with Crippen LogP contribution in [0.3, 0.4) is 0 Å². The summed E-state index contributed by atoms with van der Waals surface area (Å²) in [5.74, 6) is -0.260. The largest absolute Gasteiger partial charge is 0.496 e. The van der Waals surface area contributed by atoms with Crippen LogP contribution in [0.15, 0.2) is 40.3 Å². The van der Waals surface area contributed by atoms with E-state index in [0.717, 1.165) is 34.1 Å². The minimum absolute atomic E-state index is 0.0419. The number of hydrogen-bond donors (Lipinski definition) is 1. The number of nitrogens with one attached hydrogen (secondary N) is 1. The molecule has 2 aromatic carbocycles. The Balaban J connectivity index is 2.07. The fourth-order valence-electron chi connectivity index (χ4n) is 3.80. The van der Waals surface area contributed by atoms with E-state index in [1.807, 2.05) is 37.3 Å². The maximum absolute atomic E-state index is 12.7. The summed E-state index contributed by atoms with van der Waals surface area (Å²) in [6, 6.07) is 9.25. The van der Waals surface area contributed by atoms with E-state index in [1.165, 1.54) is 7.11 Å². The third kappa shape index (κ3) is 6.36. The van der Waals surface area contributed by atoms with Gasteiger partial charge in [0.05, 0.1) is 20.5 Å². The lowest BCUT2D eigenvalue weighted by Crippen LogP contribution is -2.21. The van der Waals surface area contributed by atoms with Crippen LogP contribution >= 0.6 is 0 Å². The van der Waals surface area contributed by atoms with Gasteiger partial charge in [-0.3, -0.25) is 9.52 Å². The third-order valence-corrected chi connectivity index (χ3v) is 6.12. The van der Waals surface area contributed by atoms with E-state index in [0.29, 0.717) is 11.4 Å². The molecule has 1 aliphatic heterocycles. The van der Waals surface area contributed by atoms with E-state index in [1.54, 1.807) is 25.5 Å². The second-order valence-electron chi connectivity index (χ2n) is 9.41. The summed E-state index contributed by atoms with van der Waals surface area (Å²) < 4.78 is 36.3. The quantitative estimate of drug-likeness (QED) is 0.590. The van der Waals surface area contributed by atoms with Gasteiger partial charge in [0.1, 0.15) is 11.7 Å². The van der Waals surface area contributed by atoms with Crippen molar-refractivity contribution in [1.82, 2.24) is 0 Å². The van der Waals surface area contributed by atoms with Gasteiger partial charge in [-0.15, -0.1) is 0 Å². The van der Waals surface area contributed by atoms with Crippen LogP contribution in [0.1, 0.15) is 54.5 Å². The number of amidine groups is 1. The van der Waals surface area contributed by atoms with Crippen LogP contribution in [0.4, 0.5) is 5.69 Å².